The van der Waals surface area contributed by atoms with Gasteiger partial charge in [0.1, 0.15) is 5.67 Å². The van der Waals surface area contributed by atoms with Crippen LogP contribution in [0.1, 0.15) is 36.1 Å². The van der Waals surface area contributed by atoms with E-state index in [1.54, 1.807) is 13.8 Å². The first-order valence-corrected chi connectivity index (χ1v) is 10.1. The molecule has 0 aliphatic rings. The van der Waals surface area contributed by atoms with Crippen molar-refractivity contribution in [1.82, 2.24) is 9.55 Å². The van der Waals surface area contributed by atoms with E-state index in [9.17, 15) is 4.39 Å². The standard InChI is InChI=1S/C26H26FN3/c1-5-19-12-15-24-23(16-19)29-25(28-21-13-10-18(2)11-14-21)30(24)17-20-8-6-7-9-22(20)26(3,4)27/h5-16H,1,17H2,2-4H3,(H,28,29). The van der Waals surface area contributed by atoms with Gasteiger partial charge in [-0.1, -0.05) is 60.7 Å². The van der Waals surface area contributed by atoms with Crippen molar-refractivity contribution in [1.29, 1.82) is 0 Å². The molecule has 0 fully saturated rings. The van der Waals surface area contributed by atoms with Crippen LogP contribution in [-0.4, -0.2) is 9.55 Å². The van der Waals surface area contributed by atoms with E-state index in [0.717, 1.165) is 33.8 Å². The third-order valence-electron chi connectivity index (χ3n) is 5.30. The molecule has 0 aliphatic heterocycles. The first-order valence-electron chi connectivity index (χ1n) is 10.1. The molecule has 0 aliphatic carbocycles. The second-order valence-corrected chi connectivity index (χ2v) is 8.09. The minimum absolute atomic E-state index is 0.516. The van der Waals surface area contributed by atoms with E-state index < -0.39 is 5.67 Å². The van der Waals surface area contributed by atoms with Crippen LogP contribution in [0, 0.1) is 6.92 Å². The van der Waals surface area contributed by atoms with Gasteiger partial charge in [0, 0.05) is 5.69 Å². The minimum atomic E-state index is -1.42. The van der Waals surface area contributed by atoms with Gasteiger partial charge in [-0.05, 0) is 61.7 Å². The Balaban J connectivity index is 1.83. The number of aromatic nitrogens is 2. The van der Waals surface area contributed by atoms with E-state index in [4.69, 9.17) is 4.98 Å². The molecule has 4 heteroatoms. The van der Waals surface area contributed by atoms with Gasteiger partial charge in [0.25, 0.3) is 0 Å². The molecular formula is C26H26FN3. The van der Waals surface area contributed by atoms with Gasteiger partial charge in [0.05, 0.1) is 17.6 Å². The minimum Gasteiger partial charge on any atom is -0.326 e. The zero-order chi connectivity index (χ0) is 21.3. The Bertz CT molecular complexity index is 1200. The molecule has 4 rings (SSSR count). The smallest absolute Gasteiger partial charge is 0.208 e. The van der Waals surface area contributed by atoms with Gasteiger partial charge in [0.15, 0.2) is 0 Å². The van der Waals surface area contributed by atoms with Gasteiger partial charge in [-0.3, -0.25) is 0 Å². The molecule has 0 radical (unpaired) electrons. The number of nitrogens with zero attached hydrogens (tertiary/aromatic N) is 2. The molecule has 3 aromatic carbocycles. The highest BCUT2D eigenvalue weighted by molar-refractivity contribution is 5.82. The number of halogens is 1. The number of hydrogen-bond donors (Lipinski definition) is 1. The highest BCUT2D eigenvalue weighted by Crippen LogP contribution is 2.31. The van der Waals surface area contributed by atoms with E-state index in [1.807, 2.05) is 60.7 Å². The fraction of sp³-hybridized carbons (Fsp3) is 0.192. The molecule has 3 nitrogen and oxygen atoms in total. The Hall–Kier alpha value is -3.40. The van der Waals surface area contributed by atoms with Gasteiger partial charge < -0.3 is 9.88 Å². The third kappa shape index (κ3) is 3.99. The SMILES string of the molecule is C=Cc1ccc2c(c1)nc(Nc1ccc(C)cc1)n2Cc1ccccc1C(C)(C)F. The van der Waals surface area contributed by atoms with Crippen molar-refractivity contribution in [3.05, 3.63) is 95.6 Å². The summed E-state index contributed by atoms with van der Waals surface area (Å²) in [4.78, 5) is 4.84. The molecule has 1 N–H and O–H groups in total. The monoisotopic (exact) mass is 399 g/mol. The fourth-order valence-electron chi connectivity index (χ4n) is 3.70. The Kier molecular flexibility index (Phi) is 5.17. The Morgan fingerprint density at radius 3 is 2.50 bits per heavy atom. The lowest BCUT2D eigenvalue weighted by atomic mass is 9.94. The molecule has 0 bridgehead atoms. The maximum Gasteiger partial charge on any atom is 0.208 e. The number of nitrogens with one attached hydrogen (secondary N) is 1. The predicted octanol–water partition coefficient (Wildman–Crippen LogP) is 6.98. The largest absolute Gasteiger partial charge is 0.326 e. The second kappa shape index (κ2) is 7.79. The summed E-state index contributed by atoms with van der Waals surface area (Å²) < 4.78 is 17.0. The lowest BCUT2D eigenvalue weighted by Crippen LogP contribution is -2.15. The zero-order valence-corrected chi connectivity index (χ0v) is 17.6. The molecule has 152 valence electrons. The summed E-state index contributed by atoms with van der Waals surface area (Å²) in [5, 5.41) is 3.44. The number of anilines is 2. The second-order valence-electron chi connectivity index (χ2n) is 8.09. The molecular weight excluding hydrogens is 373 g/mol. The summed E-state index contributed by atoms with van der Waals surface area (Å²) in [6, 6.07) is 22.0. The van der Waals surface area contributed by atoms with Gasteiger partial charge >= 0.3 is 0 Å². The third-order valence-corrected chi connectivity index (χ3v) is 5.30. The first-order chi connectivity index (χ1) is 14.3. The van der Waals surface area contributed by atoms with Crippen LogP contribution >= 0.6 is 0 Å². The maximum atomic E-state index is 14.9. The van der Waals surface area contributed by atoms with Crippen molar-refractivity contribution in [3.8, 4) is 0 Å². The van der Waals surface area contributed by atoms with Gasteiger partial charge in [-0.15, -0.1) is 0 Å². The van der Waals surface area contributed by atoms with E-state index in [-0.39, 0.29) is 0 Å². The highest BCUT2D eigenvalue weighted by atomic mass is 19.1. The molecule has 0 saturated heterocycles. The van der Waals surface area contributed by atoms with Crippen LogP contribution in [0.25, 0.3) is 17.1 Å². The molecule has 0 saturated carbocycles. The molecule has 0 unspecified atom stereocenters. The summed E-state index contributed by atoms with van der Waals surface area (Å²) in [6.45, 7) is 9.63. The zero-order valence-electron chi connectivity index (χ0n) is 17.6. The summed E-state index contributed by atoms with van der Waals surface area (Å²) in [6.07, 6.45) is 1.81. The fourth-order valence-corrected chi connectivity index (χ4v) is 3.70. The summed E-state index contributed by atoms with van der Waals surface area (Å²) in [5.74, 6) is 0.724. The van der Waals surface area contributed by atoms with Crippen molar-refractivity contribution in [2.45, 2.75) is 33.0 Å². The maximum absolute atomic E-state index is 14.9. The quantitative estimate of drug-likeness (QED) is 0.379. The average Bonchev–Trinajstić information content (AvgIpc) is 3.05. The molecule has 1 aromatic heterocycles. The summed E-state index contributed by atoms with van der Waals surface area (Å²) in [7, 11) is 0. The molecule has 30 heavy (non-hydrogen) atoms. The average molecular weight is 400 g/mol. The van der Waals surface area contributed by atoms with E-state index in [0.29, 0.717) is 12.1 Å². The number of alkyl halides is 1. The number of benzene rings is 3. The Labute approximate surface area is 176 Å². The lowest BCUT2D eigenvalue weighted by Gasteiger charge is -2.20. The summed E-state index contributed by atoms with van der Waals surface area (Å²) in [5.41, 5.74) is 5.23. The van der Waals surface area contributed by atoms with Crippen LogP contribution in [-0.2, 0) is 12.2 Å². The van der Waals surface area contributed by atoms with Gasteiger partial charge in [-0.2, -0.15) is 0 Å². The van der Waals surface area contributed by atoms with Crippen molar-refractivity contribution in [2.75, 3.05) is 5.32 Å². The van der Waals surface area contributed by atoms with Crippen LogP contribution < -0.4 is 5.32 Å². The number of aryl methyl sites for hydroxylation is 1. The van der Waals surface area contributed by atoms with E-state index in [1.165, 1.54) is 5.56 Å². The number of fused-ring (bicyclic) bond motifs is 1. The molecule has 0 amide bonds. The summed E-state index contributed by atoms with van der Waals surface area (Å²) >= 11 is 0. The van der Waals surface area contributed by atoms with Gasteiger partial charge in [-0.25, -0.2) is 9.37 Å². The van der Waals surface area contributed by atoms with Gasteiger partial charge in [0.2, 0.25) is 5.95 Å². The van der Waals surface area contributed by atoms with Crippen LogP contribution in [0.2, 0.25) is 0 Å². The Morgan fingerprint density at radius 2 is 1.80 bits per heavy atom. The number of hydrogen-bond acceptors (Lipinski definition) is 2. The number of rotatable bonds is 6. The van der Waals surface area contributed by atoms with Crippen molar-refractivity contribution in [2.24, 2.45) is 0 Å². The highest BCUT2D eigenvalue weighted by Gasteiger charge is 2.23. The molecule has 4 aromatic rings. The molecule has 0 spiro atoms. The van der Waals surface area contributed by atoms with E-state index in [2.05, 4.69) is 35.5 Å². The first kappa shape index (κ1) is 19.9. The van der Waals surface area contributed by atoms with Crippen LogP contribution in [0.5, 0.6) is 0 Å². The van der Waals surface area contributed by atoms with E-state index >= 15 is 0 Å². The van der Waals surface area contributed by atoms with Crippen molar-refractivity contribution >= 4 is 28.7 Å². The lowest BCUT2D eigenvalue weighted by molar-refractivity contribution is 0.219. The molecule has 1 heterocycles. The Morgan fingerprint density at radius 1 is 1.07 bits per heavy atom. The van der Waals surface area contributed by atoms with Crippen LogP contribution in [0.4, 0.5) is 16.0 Å². The van der Waals surface area contributed by atoms with Crippen molar-refractivity contribution in [3.63, 3.8) is 0 Å². The predicted molar refractivity (Wildman–Crippen MR) is 124 cm³/mol. The normalized spacial score (nSPS) is 11.6. The number of imidazole rings is 1. The van der Waals surface area contributed by atoms with Crippen LogP contribution in [0.3, 0.4) is 0 Å². The topological polar surface area (TPSA) is 29.9 Å². The van der Waals surface area contributed by atoms with Crippen LogP contribution in [0.15, 0.2) is 73.3 Å². The van der Waals surface area contributed by atoms with Crippen molar-refractivity contribution < 1.29 is 4.39 Å². The molecule has 0 atom stereocenters.